The van der Waals surface area contributed by atoms with E-state index in [0.717, 1.165) is 4.47 Å². The third kappa shape index (κ3) is 2.07. The van der Waals surface area contributed by atoms with Gasteiger partial charge in [-0.05, 0) is 22.0 Å². The first-order chi connectivity index (χ1) is 7.74. The highest BCUT2D eigenvalue weighted by atomic mass is 79.9. The Hall–Kier alpha value is -1.40. The Balaban J connectivity index is 2.49. The fourth-order valence-electron chi connectivity index (χ4n) is 1.29. The van der Waals surface area contributed by atoms with Crippen LogP contribution >= 0.6 is 15.9 Å². The molecule has 0 saturated heterocycles. The van der Waals surface area contributed by atoms with E-state index >= 15 is 0 Å². The molecule has 2 rings (SSSR count). The molecule has 0 unspecified atom stereocenters. The van der Waals surface area contributed by atoms with Crippen molar-refractivity contribution >= 4 is 15.9 Å². The number of ether oxygens (including phenoxy) is 1. The minimum absolute atomic E-state index is 0.184. The lowest BCUT2D eigenvalue weighted by Gasteiger charge is -2.04. The molecule has 0 spiro atoms. The van der Waals surface area contributed by atoms with Gasteiger partial charge in [-0.3, -0.25) is 0 Å². The van der Waals surface area contributed by atoms with E-state index in [-0.39, 0.29) is 6.61 Å². The molecule has 84 valence electrons. The lowest BCUT2D eigenvalue weighted by molar-refractivity contribution is 0.229. The van der Waals surface area contributed by atoms with Crippen molar-refractivity contribution < 1.29 is 14.4 Å². The van der Waals surface area contributed by atoms with Crippen LogP contribution in [0.5, 0.6) is 5.88 Å². The number of aliphatic hydroxyl groups is 1. The summed E-state index contributed by atoms with van der Waals surface area (Å²) in [6, 6.07) is 3.47. The Morgan fingerprint density at radius 2 is 2.31 bits per heavy atom. The molecule has 2 aromatic rings. The maximum Gasteiger partial charge on any atom is 0.222 e. The second-order valence-corrected chi connectivity index (χ2v) is 3.96. The van der Waals surface area contributed by atoms with Crippen molar-refractivity contribution in [3.63, 3.8) is 0 Å². The van der Waals surface area contributed by atoms with Gasteiger partial charge in [0, 0.05) is 16.7 Å². The van der Waals surface area contributed by atoms with E-state index in [1.807, 2.05) is 6.07 Å². The first-order valence-electron chi connectivity index (χ1n) is 4.51. The lowest BCUT2D eigenvalue weighted by Crippen LogP contribution is -1.91. The molecule has 1 N–H and O–H groups in total. The van der Waals surface area contributed by atoms with Gasteiger partial charge in [-0.2, -0.15) is 0 Å². The largest absolute Gasteiger partial charge is 0.481 e. The van der Waals surface area contributed by atoms with E-state index in [1.54, 1.807) is 12.3 Å². The van der Waals surface area contributed by atoms with Crippen molar-refractivity contribution in [1.29, 1.82) is 0 Å². The quantitative estimate of drug-likeness (QED) is 0.934. The van der Waals surface area contributed by atoms with E-state index in [4.69, 9.17) is 14.4 Å². The molecular formula is C10H9BrN2O3. The Labute approximate surface area is 100 Å². The Kier molecular flexibility index (Phi) is 3.21. The Morgan fingerprint density at radius 3 is 2.94 bits per heavy atom. The summed E-state index contributed by atoms with van der Waals surface area (Å²) >= 11 is 3.32. The number of hydrogen-bond donors (Lipinski definition) is 1. The van der Waals surface area contributed by atoms with Gasteiger partial charge in [0.1, 0.15) is 12.3 Å². The van der Waals surface area contributed by atoms with Gasteiger partial charge in [-0.15, -0.1) is 0 Å². The monoisotopic (exact) mass is 284 g/mol. The average molecular weight is 285 g/mol. The van der Waals surface area contributed by atoms with E-state index in [1.165, 1.54) is 7.11 Å². The zero-order valence-corrected chi connectivity index (χ0v) is 10.1. The van der Waals surface area contributed by atoms with E-state index in [2.05, 4.69) is 26.1 Å². The number of halogens is 1. The van der Waals surface area contributed by atoms with Crippen molar-refractivity contribution in [2.24, 2.45) is 0 Å². The van der Waals surface area contributed by atoms with E-state index in [0.29, 0.717) is 22.9 Å². The maximum atomic E-state index is 8.89. The molecule has 0 bridgehead atoms. The number of aromatic nitrogens is 2. The predicted octanol–water partition coefficient (Wildman–Crippen LogP) is 2.00. The molecule has 0 amide bonds. The summed E-state index contributed by atoms with van der Waals surface area (Å²) in [4.78, 5) is 4.09. The molecule has 5 nitrogen and oxygen atoms in total. The molecule has 0 aromatic carbocycles. The molecule has 0 radical (unpaired) electrons. The maximum absolute atomic E-state index is 8.89. The number of hydrogen-bond acceptors (Lipinski definition) is 5. The van der Waals surface area contributed by atoms with Crippen LogP contribution in [0.3, 0.4) is 0 Å². The van der Waals surface area contributed by atoms with Gasteiger partial charge in [-0.1, -0.05) is 5.16 Å². The number of methoxy groups -OCH3 is 1. The van der Waals surface area contributed by atoms with Gasteiger partial charge >= 0.3 is 0 Å². The summed E-state index contributed by atoms with van der Waals surface area (Å²) in [5.74, 6) is 0.859. The third-order valence-corrected chi connectivity index (χ3v) is 2.44. The van der Waals surface area contributed by atoms with Crippen LogP contribution in [0.25, 0.3) is 11.3 Å². The topological polar surface area (TPSA) is 68.4 Å². The number of pyridine rings is 1. The van der Waals surface area contributed by atoms with Gasteiger partial charge < -0.3 is 14.4 Å². The molecule has 2 aromatic heterocycles. The average Bonchev–Trinajstić information content (AvgIpc) is 2.77. The molecule has 0 aliphatic heterocycles. The van der Waals surface area contributed by atoms with Gasteiger partial charge in [0.05, 0.1) is 12.7 Å². The normalized spacial score (nSPS) is 10.4. The molecule has 6 heteroatoms. The van der Waals surface area contributed by atoms with Crippen LogP contribution in [0.15, 0.2) is 27.3 Å². The minimum Gasteiger partial charge on any atom is -0.481 e. The zero-order valence-electron chi connectivity index (χ0n) is 8.48. The fraction of sp³-hybridized carbons (Fsp3) is 0.200. The van der Waals surface area contributed by atoms with Crippen LogP contribution < -0.4 is 4.74 Å². The number of rotatable bonds is 3. The smallest absolute Gasteiger partial charge is 0.222 e. The van der Waals surface area contributed by atoms with Gasteiger partial charge in [0.2, 0.25) is 5.88 Å². The molecule has 0 atom stereocenters. The van der Waals surface area contributed by atoms with Crippen LogP contribution in [0.4, 0.5) is 0 Å². The van der Waals surface area contributed by atoms with Crippen molar-refractivity contribution in [2.75, 3.05) is 7.11 Å². The van der Waals surface area contributed by atoms with Crippen LogP contribution in [-0.2, 0) is 6.61 Å². The minimum atomic E-state index is -0.184. The lowest BCUT2D eigenvalue weighted by atomic mass is 10.2. The van der Waals surface area contributed by atoms with E-state index < -0.39 is 0 Å². The number of nitrogens with zero attached hydrogens (tertiary/aromatic N) is 2. The van der Waals surface area contributed by atoms with Crippen LogP contribution in [0.2, 0.25) is 0 Å². The van der Waals surface area contributed by atoms with Crippen LogP contribution in [0.1, 0.15) is 5.76 Å². The number of aliphatic hydroxyl groups excluding tert-OH is 1. The molecule has 0 fully saturated rings. The van der Waals surface area contributed by atoms with Crippen LogP contribution in [-0.4, -0.2) is 22.4 Å². The fourth-order valence-corrected chi connectivity index (χ4v) is 1.62. The van der Waals surface area contributed by atoms with E-state index in [9.17, 15) is 0 Å². The van der Waals surface area contributed by atoms with Crippen molar-refractivity contribution in [3.8, 4) is 17.1 Å². The predicted molar refractivity (Wildman–Crippen MR) is 59.9 cm³/mol. The standard InChI is InChI=1S/C10H9BrN2O3/c1-15-10-8(2-6(11)4-12-10)9-3-7(5-14)16-13-9/h2-4,14H,5H2,1H3. The Bertz CT molecular complexity index is 499. The molecule has 0 saturated carbocycles. The van der Waals surface area contributed by atoms with Crippen molar-refractivity contribution in [3.05, 3.63) is 28.6 Å². The van der Waals surface area contributed by atoms with Crippen molar-refractivity contribution in [2.45, 2.75) is 6.61 Å². The van der Waals surface area contributed by atoms with Gasteiger partial charge in [0.25, 0.3) is 0 Å². The summed E-state index contributed by atoms with van der Waals surface area (Å²) in [5, 5.41) is 12.7. The first-order valence-corrected chi connectivity index (χ1v) is 5.30. The molecule has 0 aliphatic rings. The van der Waals surface area contributed by atoms with Gasteiger partial charge in [0.15, 0.2) is 5.76 Å². The second-order valence-electron chi connectivity index (χ2n) is 3.05. The summed E-state index contributed by atoms with van der Waals surface area (Å²) in [6.07, 6.45) is 1.63. The summed E-state index contributed by atoms with van der Waals surface area (Å²) < 4.78 is 10.8. The van der Waals surface area contributed by atoms with Crippen molar-refractivity contribution in [1.82, 2.24) is 10.1 Å². The molecule has 2 heterocycles. The Morgan fingerprint density at radius 1 is 1.50 bits per heavy atom. The SMILES string of the molecule is COc1ncc(Br)cc1-c1cc(CO)on1. The summed E-state index contributed by atoms with van der Waals surface area (Å²) in [7, 11) is 1.53. The second kappa shape index (κ2) is 4.63. The first kappa shape index (κ1) is 11.1. The highest BCUT2D eigenvalue weighted by molar-refractivity contribution is 9.10. The molecule has 0 aliphatic carbocycles. The third-order valence-electron chi connectivity index (χ3n) is 2.00. The molecular weight excluding hydrogens is 276 g/mol. The summed E-state index contributed by atoms with van der Waals surface area (Å²) in [5.41, 5.74) is 1.29. The van der Waals surface area contributed by atoms with Crippen LogP contribution in [0, 0.1) is 0 Å². The highest BCUT2D eigenvalue weighted by Crippen LogP contribution is 2.29. The summed E-state index contributed by atoms with van der Waals surface area (Å²) in [6.45, 7) is -0.184. The highest BCUT2D eigenvalue weighted by Gasteiger charge is 2.12. The zero-order chi connectivity index (χ0) is 11.5. The van der Waals surface area contributed by atoms with Gasteiger partial charge in [-0.25, -0.2) is 4.98 Å². The molecule has 16 heavy (non-hydrogen) atoms.